The van der Waals surface area contributed by atoms with Crippen LogP contribution in [0.15, 0.2) is 21.7 Å². The summed E-state index contributed by atoms with van der Waals surface area (Å²) in [5.74, 6) is -0.116. The summed E-state index contributed by atoms with van der Waals surface area (Å²) < 4.78 is 27.2. The van der Waals surface area contributed by atoms with Crippen LogP contribution >= 0.6 is 11.3 Å². The van der Waals surface area contributed by atoms with Crippen LogP contribution in [0.3, 0.4) is 0 Å². The van der Waals surface area contributed by atoms with Crippen LogP contribution in [0.1, 0.15) is 19.3 Å². The second-order valence-electron chi connectivity index (χ2n) is 5.42. The summed E-state index contributed by atoms with van der Waals surface area (Å²) in [7, 11) is -0.0259. The van der Waals surface area contributed by atoms with Crippen molar-refractivity contribution in [3.05, 3.63) is 17.5 Å². The van der Waals surface area contributed by atoms with Crippen LogP contribution in [0.4, 0.5) is 0 Å². The molecule has 1 fully saturated rings. The van der Waals surface area contributed by atoms with Crippen molar-refractivity contribution in [3.63, 3.8) is 0 Å². The Morgan fingerprint density at radius 2 is 2.27 bits per heavy atom. The van der Waals surface area contributed by atoms with Crippen molar-refractivity contribution in [2.24, 2.45) is 0 Å². The summed E-state index contributed by atoms with van der Waals surface area (Å²) in [6.07, 6.45) is 2.27. The second-order valence-corrected chi connectivity index (χ2v) is 8.49. The minimum absolute atomic E-state index is 0.116. The van der Waals surface area contributed by atoms with E-state index in [1.807, 2.05) is 7.05 Å². The number of rotatable bonds is 6. The highest BCUT2D eigenvalue weighted by atomic mass is 32.2. The van der Waals surface area contributed by atoms with Crippen LogP contribution < -0.4 is 5.32 Å². The van der Waals surface area contributed by atoms with Crippen LogP contribution in [0, 0.1) is 0 Å². The van der Waals surface area contributed by atoms with Crippen LogP contribution in [0.5, 0.6) is 0 Å². The lowest BCUT2D eigenvalue weighted by Gasteiger charge is -2.35. The molecule has 0 bridgehead atoms. The molecule has 8 heteroatoms. The zero-order valence-electron chi connectivity index (χ0n) is 13.0. The Bertz CT molecular complexity index is 586. The van der Waals surface area contributed by atoms with Crippen molar-refractivity contribution < 1.29 is 13.2 Å². The lowest BCUT2D eigenvalue weighted by Crippen LogP contribution is -2.52. The van der Waals surface area contributed by atoms with Gasteiger partial charge in [-0.25, -0.2) is 8.42 Å². The van der Waals surface area contributed by atoms with Crippen LogP contribution in [-0.2, 0) is 14.8 Å². The van der Waals surface area contributed by atoms with Gasteiger partial charge in [0.1, 0.15) is 10.3 Å². The molecule has 1 atom stereocenters. The maximum atomic E-state index is 12.8. The standard InChI is InChI=1S/C14H23N3O3S2/c1-15-8-10-16(2)14(18)12-6-3-4-9-17(12)22(19,20)13-7-5-11-21-13/h5,7,11-12,15H,3-4,6,8-10H2,1-2H3. The van der Waals surface area contributed by atoms with Gasteiger partial charge in [0, 0.05) is 26.7 Å². The summed E-state index contributed by atoms with van der Waals surface area (Å²) in [5, 5.41) is 4.74. The normalized spacial score (nSPS) is 20.0. The minimum atomic E-state index is -3.58. The molecule has 1 N–H and O–H groups in total. The van der Waals surface area contributed by atoms with Gasteiger partial charge in [0.2, 0.25) is 5.91 Å². The van der Waals surface area contributed by atoms with E-state index in [9.17, 15) is 13.2 Å². The predicted octanol–water partition coefficient (Wildman–Crippen LogP) is 0.969. The summed E-state index contributed by atoms with van der Waals surface area (Å²) in [4.78, 5) is 14.2. The molecule has 1 aromatic heterocycles. The van der Waals surface area contributed by atoms with Gasteiger partial charge >= 0.3 is 0 Å². The fourth-order valence-corrected chi connectivity index (χ4v) is 5.38. The SMILES string of the molecule is CNCCN(C)C(=O)C1CCCCN1S(=O)(=O)c1cccs1. The maximum Gasteiger partial charge on any atom is 0.253 e. The number of likely N-dealkylation sites (N-methyl/N-ethyl adjacent to an activating group) is 2. The van der Waals surface area contributed by atoms with Crippen molar-refractivity contribution in [1.82, 2.24) is 14.5 Å². The third-order valence-electron chi connectivity index (χ3n) is 3.87. The highest BCUT2D eigenvalue weighted by molar-refractivity contribution is 7.91. The van der Waals surface area contributed by atoms with E-state index < -0.39 is 16.1 Å². The van der Waals surface area contributed by atoms with Gasteiger partial charge in [-0.3, -0.25) is 4.79 Å². The highest BCUT2D eigenvalue weighted by Crippen LogP contribution is 2.28. The number of thiophene rings is 1. The molecule has 0 spiro atoms. The van der Waals surface area contributed by atoms with Gasteiger partial charge in [-0.2, -0.15) is 4.31 Å². The number of hydrogen-bond acceptors (Lipinski definition) is 5. The average Bonchev–Trinajstić information content (AvgIpc) is 3.07. The first kappa shape index (κ1) is 17.4. The summed E-state index contributed by atoms with van der Waals surface area (Å²) in [6.45, 7) is 1.67. The smallest absolute Gasteiger partial charge is 0.253 e. The molecule has 1 unspecified atom stereocenters. The predicted molar refractivity (Wildman–Crippen MR) is 87.4 cm³/mol. The van der Waals surface area contributed by atoms with Crippen molar-refractivity contribution in [2.45, 2.75) is 29.5 Å². The number of amides is 1. The zero-order valence-corrected chi connectivity index (χ0v) is 14.6. The molecule has 22 heavy (non-hydrogen) atoms. The van der Waals surface area contributed by atoms with Gasteiger partial charge in [0.25, 0.3) is 10.0 Å². The molecule has 1 saturated heterocycles. The molecule has 0 aliphatic carbocycles. The maximum absolute atomic E-state index is 12.8. The Kier molecular flexibility index (Phi) is 5.96. The van der Waals surface area contributed by atoms with Gasteiger partial charge in [0.05, 0.1) is 0 Å². The Morgan fingerprint density at radius 3 is 2.91 bits per heavy atom. The number of nitrogens with zero attached hydrogens (tertiary/aromatic N) is 2. The van der Waals surface area contributed by atoms with Crippen LogP contribution in [0.2, 0.25) is 0 Å². The first-order valence-electron chi connectivity index (χ1n) is 7.43. The molecule has 0 saturated carbocycles. The van der Waals surface area contributed by atoms with Crippen molar-refractivity contribution in [3.8, 4) is 0 Å². The summed E-state index contributed by atoms with van der Waals surface area (Å²) >= 11 is 1.20. The molecule has 2 heterocycles. The first-order chi connectivity index (χ1) is 10.5. The van der Waals surface area contributed by atoms with E-state index in [2.05, 4.69) is 5.32 Å². The average molecular weight is 345 g/mol. The largest absolute Gasteiger partial charge is 0.343 e. The number of carbonyl (C=O) groups excluding carboxylic acids is 1. The summed E-state index contributed by atoms with van der Waals surface area (Å²) in [6, 6.07) is 2.74. The Morgan fingerprint density at radius 1 is 1.50 bits per heavy atom. The molecule has 1 aromatic rings. The van der Waals surface area contributed by atoms with Gasteiger partial charge < -0.3 is 10.2 Å². The van der Waals surface area contributed by atoms with Gasteiger partial charge in [-0.1, -0.05) is 12.5 Å². The zero-order chi connectivity index (χ0) is 16.2. The molecule has 1 aliphatic rings. The lowest BCUT2D eigenvalue weighted by molar-refractivity contribution is -0.134. The van der Waals surface area contributed by atoms with Gasteiger partial charge in [-0.05, 0) is 31.3 Å². The first-order valence-corrected chi connectivity index (χ1v) is 9.75. The fraction of sp³-hybridized carbons (Fsp3) is 0.643. The van der Waals surface area contributed by atoms with Gasteiger partial charge in [0.15, 0.2) is 0 Å². The molecule has 1 amide bonds. The minimum Gasteiger partial charge on any atom is -0.343 e. The van der Waals surface area contributed by atoms with Crippen LogP contribution in [0.25, 0.3) is 0 Å². The number of piperidine rings is 1. The van der Waals surface area contributed by atoms with Crippen molar-refractivity contribution in [2.75, 3.05) is 33.7 Å². The fourth-order valence-electron chi connectivity index (χ4n) is 2.61. The number of nitrogens with one attached hydrogen (secondary N) is 1. The monoisotopic (exact) mass is 345 g/mol. The number of sulfonamides is 1. The number of hydrogen-bond donors (Lipinski definition) is 1. The van der Waals surface area contributed by atoms with E-state index in [1.54, 1.807) is 29.5 Å². The molecule has 2 rings (SSSR count). The highest BCUT2D eigenvalue weighted by Gasteiger charge is 2.39. The molecule has 1 aliphatic heterocycles. The van der Waals surface area contributed by atoms with E-state index in [-0.39, 0.29) is 5.91 Å². The quantitative estimate of drug-likeness (QED) is 0.834. The number of carbonyl (C=O) groups is 1. The molecular weight excluding hydrogens is 322 g/mol. The molecular formula is C14H23N3O3S2. The van der Waals surface area contributed by atoms with E-state index in [0.717, 1.165) is 12.8 Å². The van der Waals surface area contributed by atoms with Gasteiger partial charge in [-0.15, -0.1) is 11.3 Å². The van der Waals surface area contributed by atoms with E-state index in [0.29, 0.717) is 30.3 Å². The van der Waals surface area contributed by atoms with Crippen LogP contribution in [-0.4, -0.2) is 63.3 Å². The lowest BCUT2D eigenvalue weighted by atomic mass is 10.0. The van der Waals surface area contributed by atoms with Crippen molar-refractivity contribution >= 4 is 27.3 Å². The second kappa shape index (κ2) is 7.54. The molecule has 0 radical (unpaired) electrons. The molecule has 0 aromatic carbocycles. The van der Waals surface area contributed by atoms with E-state index in [4.69, 9.17) is 0 Å². The summed E-state index contributed by atoms with van der Waals surface area (Å²) in [5.41, 5.74) is 0. The van der Waals surface area contributed by atoms with E-state index >= 15 is 0 Å². The molecule has 124 valence electrons. The van der Waals surface area contributed by atoms with Crippen molar-refractivity contribution in [1.29, 1.82) is 0 Å². The third-order valence-corrected chi connectivity index (χ3v) is 7.15. The van der Waals surface area contributed by atoms with E-state index in [1.165, 1.54) is 15.6 Å². The topological polar surface area (TPSA) is 69.7 Å². The Balaban J connectivity index is 2.20. The Hall–Kier alpha value is -0.960. The Labute approximate surface area is 136 Å². The third kappa shape index (κ3) is 3.68. The molecule has 6 nitrogen and oxygen atoms in total.